The van der Waals surface area contributed by atoms with Crippen molar-refractivity contribution >= 4 is 31.8 Å². The summed E-state index contributed by atoms with van der Waals surface area (Å²) in [7, 11) is 0. The average Bonchev–Trinajstić information content (AvgIpc) is 1.99. The molecule has 0 bridgehead atoms. The van der Waals surface area contributed by atoms with Crippen molar-refractivity contribution < 1.29 is 9.90 Å². The summed E-state index contributed by atoms with van der Waals surface area (Å²) in [4.78, 5) is 10.6. The van der Waals surface area contributed by atoms with E-state index >= 15 is 0 Å². The summed E-state index contributed by atoms with van der Waals surface area (Å²) in [5, 5.41) is 8.72. The van der Waals surface area contributed by atoms with Crippen LogP contribution in [0.25, 0.3) is 0 Å². The van der Waals surface area contributed by atoms with E-state index in [1.54, 1.807) is 12.1 Å². The summed E-state index contributed by atoms with van der Waals surface area (Å²) in [5.41, 5.74) is 3.61. The summed E-state index contributed by atoms with van der Waals surface area (Å²) < 4.78 is 0. The van der Waals surface area contributed by atoms with Gasteiger partial charge in [0.05, 0.1) is 5.56 Å². The van der Waals surface area contributed by atoms with E-state index in [0.717, 1.165) is 11.1 Å². The van der Waals surface area contributed by atoms with Crippen LogP contribution in [0.15, 0.2) is 12.1 Å². The molecule has 0 atom stereocenters. The second-order valence-corrected chi connectivity index (χ2v) is 3.04. The van der Waals surface area contributed by atoms with Crippen molar-refractivity contribution in [1.82, 2.24) is 0 Å². The van der Waals surface area contributed by atoms with Crippen molar-refractivity contribution in [2.75, 3.05) is 0 Å². The van der Waals surface area contributed by atoms with Gasteiger partial charge in [0.2, 0.25) is 0 Å². The van der Waals surface area contributed by atoms with Crippen molar-refractivity contribution in [1.29, 1.82) is 0 Å². The number of rotatable bonds is 1. The second-order valence-electron chi connectivity index (χ2n) is 3.04. The maximum absolute atomic E-state index is 10.6. The SMILES string of the molecule is Cc1cc(C(=O)O)cc(C)c1C.[InH3]. The van der Waals surface area contributed by atoms with Gasteiger partial charge in [0.15, 0.2) is 0 Å². The number of carboxylic acids is 1. The molecule has 2 nitrogen and oxygen atoms in total. The van der Waals surface area contributed by atoms with E-state index in [1.165, 1.54) is 5.56 Å². The summed E-state index contributed by atoms with van der Waals surface area (Å²) in [6, 6.07) is 3.40. The zero-order valence-corrected chi connectivity index (χ0v) is 7.51. The molecule has 70 valence electrons. The third kappa shape index (κ3) is 2.76. The van der Waals surface area contributed by atoms with Crippen LogP contribution in [-0.2, 0) is 0 Å². The van der Waals surface area contributed by atoms with Crippen molar-refractivity contribution in [2.24, 2.45) is 0 Å². The van der Waals surface area contributed by atoms with Gasteiger partial charge in [0.25, 0.3) is 0 Å². The van der Waals surface area contributed by atoms with E-state index < -0.39 is 5.97 Å². The first-order valence-electron chi connectivity index (χ1n) is 3.83. The van der Waals surface area contributed by atoms with Crippen molar-refractivity contribution in [3.63, 3.8) is 0 Å². The van der Waals surface area contributed by atoms with Gasteiger partial charge in [-0.15, -0.1) is 0 Å². The van der Waals surface area contributed by atoms with Crippen LogP contribution in [0.5, 0.6) is 0 Å². The van der Waals surface area contributed by atoms with Crippen LogP contribution in [0.2, 0.25) is 0 Å². The molecule has 0 aliphatic heterocycles. The molecule has 1 aromatic carbocycles. The Bertz CT molecular complexity index is 309. The van der Waals surface area contributed by atoms with Gasteiger partial charge in [-0.05, 0) is 49.6 Å². The van der Waals surface area contributed by atoms with Crippen molar-refractivity contribution in [2.45, 2.75) is 20.8 Å². The number of aryl methyl sites for hydroxylation is 2. The molecule has 0 unspecified atom stereocenters. The number of aromatic carboxylic acids is 1. The van der Waals surface area contributed by atoms with Crippen LogP contribution >= 0.6 is 0 Å². The van der Waals surface area contributed by atoms with E-state index in [-0.39, 0.29) is 25.8 Å². The van der Waals surface area contributed by atoms with Gasteiger partial charge in [0, 0.05) is 0 Å². The van der Waals surface area contributed by atoms with Gasteiger partial charge in [-0.2, -0.15) is 0 Å². The third-order valence-corrected chi connectivity index (χ3v) is 2.17. The maximum atomic E-state index is 10.6. The van der Waals surface area contributed by atoms with E-state index in [2.05, 4.69) is 0 Å². The molecule has 0 spiro atoms. The molecule has 0 heterocycles. The molecular weight excluding hydrogens is 267 g/mol. The van der Waals surface area contributed by atoms with Crippen LogP contribution in [0, 0.1) is 20.8 Å². The molecule has 0 aliphatic rings. The van der Waals surface area contributed by atoms with E-state index in [1.807, 2.05) is 20.8 Å². The molecule has 0 saturated heterocycles. The summed E-state index contributed by atoms with van der Waals surface area (Å²) in [6.45, 7) is 5.85. The van der Waals surface area contributed by atoms with Gasteiger partial charge >= 0.3 is 31.8 Å². The molecule has 0 aliphatic carbocycles. The Balaban J connectivity index is 0.00000144. The Kier molecular flexibility index (Phi) is 4.54. The summed E-state index contributed by atoms with van der Waals surface area (Å²) in [6.07, 6.45) is 0. The Morgan fingerprint density at radius 2 is 1.54 bits per heavy atom. The molecule has 0 saturated carbocycles. The third-order valence-electron chi connectivity index (χ3n) is 2.17. The average molecular weight is 282 g/mol. The molecule has 1 N–H and O–H groups in total. The first kappa shape index (κ1) is 12.6. The Labute approximate surface area is 96.8 Å². The first-order valence-corrected chi connectivity index (χ1v) is 3.83. The van der Waals surface area contributed by atoms with E-state index in [9.17, 15) is 4.79 Å². The molecular formula is C10H15InO2. The number of benzene rings is 1. The monoisotopic (exact) mass is 282 g/mol. The van der Waals surface area contributed by atoms with Crippen LogP contribution in [0.4, 0.5) is 0 Å². The van der Waals surface area contributed by atoms with E-state index in [0.29, 0.717) is 5.56 Å². The second kappa shape index (κ2) is 4.70. The first-order chi connectivity index (χ1) is 5.52. The Morgan fingerprint density at radius 1 is 1.15 bits per heavy atom. The molecule has 0 fully saturated rings. The minimum absolute atomic E-state index is 0. The molecule has 0 amide bonds. The quantitative estimate of drug-likeness (QED) is 0.838. The Hall–Kier alpha value is -0.440. The molecule has 3 heteroatoms. The Morgan fingerprint density at radius 3 is 1.85 bits per heavy atom. The van der Waals surface area contributed by atoms with Crippen LogP contribution in [-0.4, -0.2) is 36.9 Å². The number of hydrogen-bond acceptors (Lipinski definition) is 1. The topological polar surface area (TPSA) is 37.3 Å². The fourth-order valence-corrected chi connectivity index (χ4v) is 1.16. The normalized spacial score (nSPS) is 9.15. The molecule has 13 heavy (non-hydrogen) atoms. The summed E-state index contributed by atoms with van der Waals surface area (Å²) >= 11 is 0. The standard InChI is InChI=1S/C10H12O2.In.3H/c1-6-4-9(10(11)12)5-7(2)8(6)3;;;;/h4-5H,1-3H3,(H,11,12);;;;. The molecule has 1 rings (SSSR count). The molecule has 1 aromatic rings. The molecule has 0 radical (unpaired) electrons. The van der Waals surface area contributed by atoms with Gasteiger partial charge in [-0.25, -0.2) is 4.79 Å². The predicted octanol–water partition coefficient (Wildman–Crippen LogP) is 1.13. The fourth-order valence-electron chi connectivity index (χ4n) is 1.16. The van der Waals surface area contributed by atoms with Gasteiger partial charge in [0.1, 0.15) is 0 Å². The van der Waals surface area contributed by atoms with Crippen LogP contribution in [0.1, 0.15) is 27.0 Å². The van der Waals surface area contributed by atoms with Gasteiger partial charge in [-0.1, -0.05) is 0 Å². The summed E-state index contributed by atoms with van der Waals surface area (Å²) in [5.74, 6) is -0.860. The minimum atomic E-state index is -0.860. The molecule has 0 aromatic heterocycles. The van der Waals surface area contributed by atoms with Crippen LogP contribution in [0.3, 0.4) is 0 Å². The van der Waals surface area contributed by atoms with Crippen molar-refractivity contribution in [3.8, 4) is 0 Å². The number of carbonyl (C=O) groups is 1. The van der Waals surface area contributed by atoms with Gasteiger partial charge < -0.3 is 5.11 Å². The zero-order chi connectivity index (χ0) is 9.30. The fraction of sp³-hybridized carbons (Fsp3) is 0.300. The predicted molar refractivity (Wildman–Crippen MR) is 57.6 cm³/mol. The zero-order valence-electron chi connectivity index (χ0n) is 7.51. The van der Waals surface area contributed by atoms with Gasteiger partial charge in [-0.3, -0.25) is 0 Å². The number of hydrogen-bond donors (Lipinski definition) is 1. The number of carboxylic acid groups (broad SMARTS) is 1. The van der Waals surface area contributed by atoms with E-state index in [4.69, 9.17) is 5.11 Å². The van der Waals surface area contributed by atoms with Crippen LogP contribution < -0.4 is 0 Å². The van der Waals surface area contributed by atoms with Crippen molar-refractivity contribution in [3.05, 3.63) is 34.4 Å².